The van der Waals surface area contributed by atoms with E-state index in [1.54, 1.807) is 43.3 Å². The molecule has 1 aliphatic rings. The highest BCUT2D eigenvalue weighted by Gasteiger charge is 2.25. The zero-order valence-electron chi connectivity index (χ0n) is 17.1. The number of anilines is 1. The molecule has 1 saturated heterocycles. The molecular weight excluding hydrogens is 404 g/mol. The van der Waals surface area contributed by atoms with Crippen molar-refractivity contribution in [2.45, 2.75) is 32.2 Å². The minimum absolute atomic E-state index is 0.0143. The number of nitrogens with one attached hydrogen (secondary N) is 1. The fourth-order valence-electron chi connectivity index (χ4n) is 3.15. The number of aliphatic imine (C=N–C) groups is 1. The van der Waals surface area contributed by atoms with Crippen molar-refractivity contribution in [2.75, 3.05) is 18.5 Å². The SMILES string of the molecule is C=N/C(=C\C(=C/C)Oc1cn(C(F)F)nc1C1CCOCC1)Nc1ccc(C#N)cc1. The second kappa shape index (κ2) is 10.5. The molecular formula is C22H23F2N5O2. The lowest BCUT2D eigenvalue weighted by molar-refractivity contribution is 0.0546. The number of benzene rings is 1. The molecule has 1 fully saturated rings. The summed E-state index contributed by atoms with van der Waals surface area (Å²) < 4.78 is 38.4. The van der Waals surface area contributed by atoms with Crippen LogP contribution in [0.5, 0.6) is 5.75 Å². The summed E-state index contributed by atoms with van der Waals surface area (Å²) >= 11 is 0. The second-order valence-electron chi connectivity index (χ2n) is 6.82. The summed E-state index contributed by atoms with van der Waals surface area (Å²) in [7, 11) is 0. The number of alkyl halides is 2. The second-order valence-corrected chi connectivity index (χ2v) is 6.82. The molecule has 0 atom stereocenters. The van der Waals surface area contributed by atoms with Gasteiger partial charge in [0.25, 0.3) is 0 Å². The topological polar surface area (TPSA) is 84.5 Å². The van der Waals surface area contributed by atoms with Gasteiger partial charge in [-0.1, -0.05) is 0 Å². The first kappa shape index (κ1) is 22.2. The van der Waals surface area contributed by atoms with Crippen molar-refractivity contribution < 1.29 is 18.3 Å². The predicted octanol–water partition coefficient (Wildman–Crippen LogP) is 4.98. The van der Waals surface area contributed by atoms with E-state index >= 15 is 0 Å². The smallest absolute Gasteiger partial charge is 0.333 e. The fourth-order valence-corrected chi connectivity index (χ4v) is 3.15. The number of allylic oxidation sites excluding steroid dienone is 2. The number of hydrogen-bond acceptors (Lipinski definition) is 6. The van der Waals surface area contributed by atoms with E-state index in [1.807, 2.05) is 0 Å². The average Bonchev–Trinajstić information content (AvgIpc) is 3.23. The molecule has 1 aromatic carbocycles. The van der Waals surface area contributed by atoms with Crippen LogP contribution in [0.25, 0.3) is 0 Å². The third-order valence-corrected chi connectivity index (χ3v) is 4.78. The van der Waals surface area contributed by atoms with Gasteiger partial charge >= 0.3 is 6.55 Å². The molecule has 7 nitrogen and oxygen atoms in total. The number of hydrogen-bond donors (Lipinski definition) is 1. The molecule has 1 aliphatic heterocycles. The van der Waals surface area contributed by atoms with Crippen LogP contribution in [-0.2, 0) is 4.74 Å². The molecule has 0 bridgehead atoms. The Hall–Kier alpha value is -3.51. The highest BCUT2D eigenvalue weighted by atomic mass is 19.3. The van der Waals surface area contributed by atoms with Crippen molar-refractivity contribution in [1.29, 1.82) is 5.26 Å². The Morgan fingerprint density at radius 3 is 2.68 bits per heavy atom. The highest BCUT2D eigenvalue weighted by molar-refractivity contribution is 5.52. The first-order valence-corrected chi connectivity index (χ1v) is 9.78. The van der Waals surface area contributed by atoms with Crippen LogP contribution in [0, 0.1) is 11.3 Å². The molecule has 0 unspecified atom stereocenters. The molecule has 0 amide bonds. The lowest BCUT2D eigenvalue weighted by atomic mass is 9.96. The normalized spacial score (nSPS) is 15.6. The van der Waals surface area contributed by atoms with Gasteiger partial charge in [-0.15, -0.1) is 0 Å². The zero-order chi connectivity index (χ0) is 22.2. The summed E-state index contributed by atoms with van der Waals surface area (Å²) in [6.45, 7) is 3.68. The highest BCUT2D eigenvalue weighted by Crippen LogP contribution is 2.34. The minimum atomic E-state index is -2.76. The predicted molar refractivity (Wildman–Crippen MR) is 113 cm³/mol. The number of nitrogens with zero attached hydrogens (tertiary/aromatic N) is 4. The summed E-state index contributed by atoms with van der Waals surface area (Å²) in [6, 6.07) is 8.89. The summed E-state index contributed by atoms with van der Waals surface area (Å²) in [5.74, 6) is 1.05. The van der Waals surface area contributed by atoms with E-state index in [-0.39, 0.29) is 11.7 Å². The Morgan fingerprint density at radius 1 is 1.39 bits per heavy atom. The maximum Gasteiger partial charge on any atom is 0.333 e. The number of aromatic nitrogens is 2. The van der Waals surface area contributed by atoms with Crippen LogP contribution in [0.2, 0.25) is 0 Å². The number of halogens is 2. The van der Waals surface area contributed by atoms with Crippen LogP contribution in [0.4, 0.5) is 14.5 Å². The van der Waals surface area contributed by atoms with Gasteiger partial charge in [-0.25, -0.2) is 9.67 Å². The van der Waals surface area contributed by atoms with Gasteiger partial charge in [0.15, 0.2) is 5.75 Å². The molecule has 0 spiro atoms. The molecule has 162 valence electrons. The average molecular weight is 427 g/mol. The van der Waals surface area contributed by atoms with E-state index in [1.165, 1.54) is 6.20 Å². The van der Waals surface area contributed by atoms with Crippen LogP contribution in [-0.4, -0.2) is 29.7 Å². The molecule has 3 rings (SSSR count). The van der Waals surface area contributed by atoms with Crippen molar-refractivity contribution in [2.24, 2.45) is 4.99 Å². The lowest BCUT2D eigenvalue weighted by Gasteiger charge is -2.21. The molecule has 31 heavy (non-hydrogen) atoms. The summed E-state index contributed by atoms with van der Waals surface area (Å²) in [5.41, 5.74) is 1.74. The zero-order valence-corrected chi connectivity index (χ0v) is 17.1. The Morgan fingerprint density at radius 2 is 2.10 bits per heavy atom. The first-order valence-electron chi connectivity index (χ1n) is 9.78. The monoisotopic (exact) mass is 427 g/mol. The maximum atomic E-state index is 13.2. The third-order valence-electron chi connectivity index (χ3n) is 4.78. The van der Waals surface area contributed by atoms with Crippen LogP contribution < -0.4 is 10.1 Å². The molecule has 1 N–H and O–H groups in total. The molecule has 0 radical (unpaired) electrons. The molecule has 1 aromatic heterocycles. The van der Waals surface area contributed by atoms with Crippen LogP contribution in [0.15, 0.2) is 59.2 Å². The largest absolute Gasteiger partial charge is 0.454 e. The van der Waals surface area contributed by atoms with E-state index < -0.39 is 6.55 Å². The Balaban J connectivity index is 1.81. The molecule has 0 aliphatic carbocycles. The Kier molecular flexibility index (Phi) is 7.51. The molecule has 0 saturated carbocycles. The summed E-state index contributed by atoms with van der Waals surface area (Å²) in [4.78, 5) is 3.96. The van der Waals surface area contributed by atoms with Gasteiger partial charge in [0.05, 0.1) is 17.8 Å². The van der Waals surface area contributed by atoms with Crippen molar-refractivity contribution in [3.05, 3.63) is 65.5 Å². The fraction of sp³-hybridized carbons (Fsp3) is 0.318. The van der Waals surface area contributed by atoms with E-state index in [9.17, 15) is 8.78 Å². The van der Waals surface area contributed by atoms with Crippen LogP contribution in [0.3, 0.4) is 0 Å². The first-order chi connectivity index (χ1) is 15.0. The Labute approximate surface area is 179 Å². The molecule has 9 heteroatoms. The van der Waals surface area contributed by atoms with E-state index in [2.05, 4.69) is 28.2 Å². The van der Waals surface area contributed by atoms with Gasteiger partial charge in [-0.2, -0.15) is 19.1 Å². The molecule has 2 aromatic rings. The third kappa shape index (κ3) is 5.77. The van der Waals surface area contributed by atoms with Gasteiger partial charge in [0.1, 0.15) is 17.3 Å². The van der Waals surface area contributed by atoms with Gasteiger partial charge in [-0.3, -0.25) is 0 Å². The van der Waals surface area contributed by atoms with Crippen molar-refractivity contribution in [3.63, 3.8) is 0 Å². The summed E-state index contributed by atoms with van der Waals surface area (Å²) in [5, 5.41) is 16.0. The Bertz CT molecular complexity index is 1000. The van der Waals surface area contributed by atoms with Gasteiger partial charge in [0.2, 0.25) is 0 Å². The number of rotatable bonds is 8. The van der Waals surface area contributed by atoms with Crippen LogP contribution >= 0.6 is 0 Å². The summed E-state index contributed by atoms with van der Waals surface area (Å²) in [6.07, 6.45) is 5.90. The van der Waals surface area contributed by atoms with Gasteiger partial charge < -0.3 is 14.8 Å². The van der Waals surface area contributed by atoms with Crippen molar-refractivity contribution >= 4 is 12.4 Å². The van der Waals surface area contributed by atoms with Gasteiger partial charge in [-0.05, 0) is 56.8 Å². The molecule has 2 heterocycles. The van der Waals surface area contributed by atoms with Crippen molar-refractivity contribution in [3.8, 4) is 11.8 Å². The maximum absolute atomic E-state index is 13.2. The standard InChI is InChI=1S/C22H23F2N5O2/c1-3-18(12-20(26-2)27-17-6-4-15(13-25)5-7-17)31-19-14-29(22(23)24)28-21(19)16-8-10-30-11-9-16/h3-7,12,14,16,22,27H,2,8-11H2,1H3/b18-3+,20-12+. The minimum Gasteiger partial charge on any atom is -0.454 e. The lowest BCUT2D eigenvalue weighted by Crippen LogP contribution is -2.15. The van der Waals surface area contributed by atoms with E-state index in [0.29, 0.717) is 59.3 Å². The van der Waals surface area contributed by atoms with E-state index in [0.717, 1.165) is 0 Å². The van der Waals surface area contributed by atoms with Crippen LogP contribution in [0.1, 0.15) is 43.5 Å². The van der Waals surface area contributed by atoms with E-state index in [4.69, 9.17) is 14.7 Å². The van der Waals surface area contributed by atoms with Gasteiger partial charge in [0, 0.05) is 30.9 Å². The number of ether oxygens (including phenoxy) is 2. The number of nitriles is 1. The quantitative estimate of drug-likeness (QED) is 0.365. The van der Waals surface area contributed by atoms with Crippen molar-refractivity contribution in [1.82, 2.24) is 9.78 Å².